The predicted molar refractivity (Wildman–Crippen MR) is 133 cm³/mol. The predicted octanol–water partition coefficient (Wildman–Crippen LogP) is 2.48. The van der Waals surface area contributed by atoms with E-state index in [1.54, 1.807) is 12.1 Å². The monoisotopic (exact) mass is 532 g/mol. The molecule has 0 spiro atoms. The lowest BCUT2D eigenvalue weighted by atomic mass is 9.85. The van der Waals surface area contributed by atoms with E-state index in [2.05, 4.69) is 25.3 Å². The fraction of sp³-hybridized carbons (Fsp3) is 0.375. The lowest BCUT2D eigenvalue weighted by Crippen LogP contribution is -2.51. The van der Waals surface area contributed by atoms with Crippen LogP contribution >= 0.6 is 0 Å². The average molecular weight is 533 g/mol. The molecule has 0 aromatic carbocycles. The first kappa shape index (κ1) is 27.0. The number of pyridine rings is 2. The number of amides is 1. The second-order valence-corrected chi connectivity index (χ2v) is 8.87. The third-order valence-corrected chi connectivity index (χ3v) is 6.40. The lowest BCUT2D eigenvalue weighted by Gasteiger charge is -2.40. The molecule has 38 heavy (non-hydrogen) atoms. The van der Waals surface area contributed by atoms with E-state index < -0.39 is 34.6 Å². The van der Waals surface area contributed by atoms with Crippen molar-refractivity contribution in [3.8, 4) is 17.1 Å². The maximum absolute atomic E-state index is 13.8. The van der Waals surface area contributed by atoms with E-state index in [9.17, 15) is 23.1 Å². The molecule has 3 aromatic rings. The number of aliphatic hydroxyl groups excluding tert-OH is 1. The van der Waals surface area contributed by atoms with Gasteiger partial charge in [0.15, 0.2) is 17.3 Å². The number of nitrogens with one attached hydrogen (secondary N) is 1. The maximum atomic E-state index is 13.8. The van der Waals surface area contributed by atoms with Crippen LogP contribution in [0, 0.1) is 0 Å². The molecule has 4 rings (SSSR count). The Kier molecular flexibility index (Phi) is 7.64. The van der Waals surface area contributed by atoms with Crippen molar-refractivity contribution in [1.82, 2.24) is 19.9 Å². The first-order chi connectivity index (χ1) is 18.1. The number of aromatic nitrogens is 4. The number of anilines is 3. The molecule has 0 atom stereocenters. The van der Waals surface area contributed by atoms with E-state index in [4.69, 9.17) is 16.2 Å². The summed E-state index contributed by atoms with van der Waals surface area (Å²) in [7, 11) is 1.11. The molecular weight excluding hydrogens is 505 g/mol. The van der Waals surface area contributed by atoms with Gasteiger partial charge in [-0.2, -0.15) is 13.2 Å². The van der Waals surface area contributed by atoms with Crippen molar-refractivity contribution in [2.75, 3.05) is 42.8 Å². The van der Waals surface area contributed by atoms with Gasteiger partial charge in [-0.15, -0.1) is 0 Å². The SMILES string of the molecule is COc1ccnc(-c2cnc(N)c(C(=O)Nc3ncccc3N3CCC(N)(CCO)CC3)n2)c1C(F)(F)F. The number of rotatable bonds is 7. The third-order valence-electron chi connectivity index (χ3n) is 6.40. The summed E-state index contributed by atoms with van der Waals surface area (Å²) in [4.78, 5) is 31.2. The number of halogens is 3. The molecule has 6 N–H and O–H groups in total. The minimum atomic E-state index is -4.81. The lowest BCUT2D eigenvalue weighted by molar-refractivity contribution is -0.138. The number of alkyl halides is 3. The highest BCUT2D eigenvalue weighted by atomic mass is 19.4. The first-order valence-electron chi connectivity index (χ1n) is 11.7. The van der Waals surface area contributed by atoms with Gasteiger partial charge in [-0.1, -0.05) is 0 Å². The van der Waals surface area contributed by atoms with Crippen LogP contribution in [0.25, 0.3) is 11.4 Å². The zero-order chi connectivity index (χ0) is 27.5. The molecule has 0 unspecified atom stereocenters. The van der Waals surface area contributed by atoms with Crippen molar-refractivity contribution in [3.05, 3.63) is 48.0 Å². The number of piperidine rings is 1. The van der Waals surface area contributed by atoms with E-state index in [0.29, 0.717) is 38.0 Å². The van der Waals surface area contributed by atoms with Crippen LogP contribution in [0.2, 0.25) is 0 Å². The maximum Gasteiger partial charge on any atom is 0.422 e. The number of carbonyl (C=O) groups excluding carboxylic acids is 1. The minimum absolute atomic E-state index is 0.00195. The number of methoxy groups -OCH3 is 1. The number of nitrogens with zero attached hydrogens (tertiary/aromatic N) is 5. The third kappa shape index (κ3) is 5.60. The van der Waals surface area contributed by atoms with Crippen molar-refractivity contribution < 1.29 is 27.8 Å². The fourth-order valence-electron chi connectivity index (χ4n) is 4.34. The van der Waals surface area contributed by atoms with Gasteiger partial charge in [0.25, 0.3) is 5.91 Å². The molecule has 11 nitrogen and oxygen atoms in total. The van der Waals surface area contributed by atoms with Crippen molar-refractivity contribution in [1.29, 1.82) is 0 Å². The van der Waals surface area contributed by atoms with Gasteiger partial charge in [-0.3, -0.25) is 9.78 Å². The Bertz CT molecular complexity index is 1310. The number of aliphatic hydroxyl groups is 1. The molecular formula is C24H27F3N8O3. The Labute approximate surface area is 216 Å². The highest BCUT2D eigenvalue weighted by Crippen LogP contribution is 2.41. The number of ether oxygens (including phenoxy) is 1. The summed E-state index contributed by atoms with van der Waals surface area (Å²) in [5, 5.41) is 11.9. The summed E-state index contributed by atoms with van der Waals surface area (Å²) in [6.07, 6.45) is 0.575. The normalized spacial score (nSPS) is 15.3. The van der Waals surface area contributed by atoms with Crippen LogP contribution in [-0.2, 0) is 6.18 Å². The molecule has 0 aliphatic carbocycles. The summed E-state index contributed by atoms with van der Waals surface area (Å²) >= 11 is 0. The molecule has 3 aromatic heterocycles. The molecule has 0 saturated carbocycles. The minimum Gasteiger partial charge on any atom is -0.496 e. The summed E-state index contributed by atoms with van der Waals surface area (Å²) in [5.41, 5.74) is 9.98. The topological polar surface area (TPSA) is 165 Å². The highest BCUT2D eigenvalue weighted by molar-refractivity contribution is 6.06. The Hall–Kier alpha value is -4.04. The van der Waals surface area contributed by atoms with E-state index in [0.717, 1.165) is 25.6 Å². The van der Waals surface area contributed by atoms with Crippen molar-refractivity contribution in [2.24, 2.45) is 5.73 Å². The average Bonchev–Trinajstić information content (AvgIpc) is 2.89. The zero-order valence-corrected chi connectivity index (χ0v) is 20.5. The molecule has 4 heterocycles. The molecule has 202 valence electrons. The van der Waals surface area contributed by atoms with Crippen LogP contribution in [0.15, 0.2) is 36.8 Å². The van der Waals surface area contributed by atoms with E-state index in [1.807, 2.05) is 4.90 Å². The van der Waals surface area contributed by atoms with Crippen molar-refractivity contribution >= 4 is 23.2 Å². The number of hydrogen-bond acceptors (Lipinski definition) is 10. The second-order valence-electron chi connectivity index (χ2n) is 8.87. The fourth-order valence-corrected chi connectivity index (χ4v) is 4.34. The molecule has 1 aliphatic heterocycles. The summed E-state index contributed by atoms with van der Waals surface area (Å²) in [6, 6.07) is 4.57. The van der Waals surface area contributed by atoms with Gasteiger partial charge in [-0.05, 0) is 37.5 Å². The van der Waals surface area contributed by atoms with Crippen LogP contribution in [0.5, 0.6) is 5.75 Å². The van der Waals surface area contributed by atoms with Gasteiger partial charge in [0.05, 0.1) is 19.0 Å². The van der Waals surface area contributed by atoms with Crippen LogP contribution in [0.4, 0.5) is 30.5 Å². The van der Waals surface area contributed by atoms with Crippen molar-refractivity contribution in [2.45, 2.75) is 31.0 Å². The van der Waals surface area contributed by atoms with Gasteiger partial charge in [0.2, 0.25) is 0 Å². The van der Waals surface area contributed by atoms with Gasteiger partial charge < -0.3 is 31.5 Å². The summed E-state index contributed by atoms with van der Waals surface area (Å²) in [5.74, 6) is -1.33. The Morgan fingerprint density at radius 3 is 2.61 bits per heavy atom. The first-order valence-corrected chi connectivity index (χ1v) is 11.7. The second kappa shape index (κ2) is 10.8. The molecule has 0 bridgehead atoms. The Balaban J connectivity index is 1.62. The molecule has 14 heteroatoms. The van der Waals surface area contributed by atoms with Gasteiger partial charge in [-0.25, -0.2) is 15.0 Å². The molecule has 1 saturated heterocycles. The van der Waals surface area contributed by atoms with Gasteiger partial charge >= 0.3 is 6.18 Å². The van der Waals surface area contributed by atoms with Gasteiger partial charge in [0.1, 0.15) is 22.7 Å². The molecule has 1 fully saturated rings. The van der Waals surface area contributed by atoms with Crippen LogP contribution < -0.4 is 26.4 Å². The number of nitrogens with two attached hydrogens (primary N) is 2. The number of nitrogen functional groups attached to an aromatic ring is 1. The smallest absolute Gasteiger partial charge is 0.422 e. The Morgan fingerprint density at radius 1 is 1.21 bits per heavy atom. The molecule has 1 amide bonds. The zero-order valence-electron chi connectivity index (χ0n) is 20.5. The standard InChI is InChI=1S/C24H27F3N8O3/c1-38-16-4-9-30-18(17(16)24(25,26)27)14-13-32-20(28)19(33-14)22(37)34-21-15(3-2-8-31-21)35-10-5-23(29,6-11-35)7-12-36/h2-4,8-9,13,36H,5-7,10-12,29H2,1H3,(H2,28,32)(H,31,34,37). The highest BCUT2D eigenvalue weighted by Gasteiger charge is 2.39. The van der Waals surface area contributed by atoms with Gasteiger partial charge in [0, 0.05) is 37.6 Å². The van der Waals surface area contributed by atoms with E-state index in [-0.39, 0.29) is 29.6 Å². The number of hydrogen-bond donors (Lipinski definition) is 4. The van der Waals surface area contributed by atoms with Crippen LogP contribution in [-0.4, -0.2) is 63.3 Å². The summed E-state index contributed by atoms with van der Waals surface area (Å²) in [6.45, 7) is 1.15. The summed E-state index contributed by atoms with van der Waals surface area (Å²) < 4.78 is 46.3. The molecule has 0 radical (unpaired) electrons. The number of carbonyl (C=O) groups is 1. The Morgan fingerprint density at radius 2 is 1.95 bits per heavy atom. The van der Waals surface area contributed by atoms with E-state index >= 15 is 0 Å². The largest absolute Gasteiger partial charge is 0.496 e. The van der Waals surface area contributed by atoms with Crippen LogP contribution in [0.3, 0.4) is 0 Å². The van der Waals surface area contributed by atoms with E-state index in [1.165, 1.54) is 6.20 Å². The quantitative estimate of drug-likeness (QED) is 0.355. The van der Waals surface area contributed by atoms with Crippen molar-refractivity contribution in [3.63, 3.8) is 0 Å². The molecule has 1 aliphatic rings. The van der Waals surface area contributed by atoms with Crippen LogP contribution in [0.1, 0.15) is 35.3 Å².